The number of ketones is 2. The SMILES string of the molecule is CCC(=O)C(Cl)C(=O)C(F)(F)F. The van der Waals surface area contributed by atoms with Crippen LogP contribution in [-0.4, -0.2) is 23.1 Å². The molecule has 0 aromatic heterocycles. The Morgan fingerprint density at radius 3 is 2.08 bits per heavy atom. The molecule has 0 rings (SSSR count). The quantitative estimate of drug-likeness (QED) is 0.516. The first kappa shape index (κ1) is 11.4. The summed E-state index contributed by atoms with van der Waals surface area (Å²) in [6.45, 7) is 1.33. The van der Waals surface area contributed by atoms with Crippen molar-refractivity contribution >= 4 is 23.2 Å². The van der Waals surface area contributed by atoms with Gasteiger partial charge in [0.05, 0.1) is 0 Å². The van der Waals surface area contributed by atoms with Crippen molar-refractivity contribution in [1.82, 2.24) is 0 Å². The molecule has 6 heteroatoms. The van der Waals surface area contributed by atoms with E-state index in [-0.39, 0.29) is 6.42 Å². The molecule has 0 bridgehead atoms. The average molecular weight is 203 g/mol. The van der Waals surface area contributed by atoms with Gasteiger partial charge >= 0.3 is 6.18 Å². The van der Waals surface area contributed by atoms with Crippen molar-refractivity contribution < 1.29 is 22.8 Å². The summed E-state index contributed by atoms with van der Waals surface area (Å²) >= 11 is 4.95. The van der Waals surface area contributed by atoms with Crippen LogP contribution in [0.25, 0.3) is 0 Å². The fourth-order valence-corrected chi connectivity index (χ4v) is 0.747. The van der Waals surface area contributed by atoms with Gasteiger partial charge in [0.25, 0.3) is 5.78 Å². The van der Waals surface area contributed by atoms with Crippen molar-refractivity contribution in [1.29, 1.82) is 0 Å². The molecule has 70 valence electrons. The molecule has 0 heterocycles. The molecule has 1 unspecified atom stereocenters. The highest BCUT2D eigenvalue weighted by molar-refractivity contribution is 6.42. The Morgan fingerprint density at radius 1 is 1.42 bits per heavy atom. The summed E-state index contributed by atoms with van der Waals surface area (Å²) < 4.78 is 34.8. The first-order valence-corrected chi connectivity index (χ1v) is 3.52. The van der Waals surface area contributed by atoms with E-state index >= 15 is 0 Å². The topological polar surface area (TPSA) is 34.1 Å². The van der Waals surface area contributed by atoms with Crippen LogP contribution in [0.3, 0.4) is 0 Å². The van der Waals surface area contributed by atoms with E-state index in [2.05, 4.69) is 0 Å². The van der Waals surface area contributed by atoms with Crippen molar-refractivity contribution in [3.05, 3.63) is 0 Å². The third-order valence-corrected chi connectivity index (χ3v) is 1.58. The predicted molar refractivity (Wildman–Crippen MR) is 36.0 cm³/mol. The lowest BCUT2D eigenvalue weighted by Gasteiger charge is -2.08. The number of halogens is 4. The molecule has 2 nitrogen and oxygen atoms in total. The van der Waals surface area contributed by atoms with Crippen LogP contribution >= 0.6 is 11.6 Å². The number of alkyl halides is 4. The van der Waals surface area contributed by atoms with Gasteiger partial charge in [-0.3, -0.25) is 9.59 Å². The molecule has 0 aromatic rings. The number of hydrogen-bond donors (Lipinski definition) is 0. The zero-order chi connectivity index (χ0) is 9.94. The van der Waals surface area contributed by atoms with Crippen molar-refractivity contribution in [2.24, 2.45) is 0 Å². The molecule has 1 atom stereocenters. The van der Waals surface area contributed by atoms with Crippen LogP contribution in [0.5, 0.6) is 0 Å². The first-order chi connectivity index (χ1) is 5.30. The lowest BCUT2D eigenvalue weighted by molar-refractivity contribution is -0.171. The fourth-order valence-electron chi connectivity index (χ4n) is 0.469. The number of carbonyl (C=O) groups excluding carboxylic acids is 2. The van der Waals surface area contributed by atoms with Gasteiger partial charge in [-0.2, -0.15) is 13.2 Å². The molecule has 0 saturated carbocycles. The third kappa shape index (κ3) is 2.81. The molecule has 0 spiro atoms. The minimum absolute atomic E-state index is 0.185. The van der Waals surface area contributed by atoms with E-state index in [9.17, 15) is 22.8 Å². The Labute approximate surface area is 71.7 Å². The Kier molecular flexibility index (Phi) is 3.70. The zero-order valence-corrected chi connectivity index (χ0v) is 6.87. The normalized spacial score (nSPS) is 14.1. The smallest absolute Gasteiger partial charge is 0.298 e. The lowest BCUT2D eigenvalue weighted by Crippen LogP contribution is -2.35. The van der Waals surface area contributed by atoms with Crippen LogP contribution in [-0.2, 0) is 9.59 Å². The summed E-state index contributed by atoms with van der Waals surface area (Å²) in [5.74, 6) is -3.12. The van der Waals surface area contributed by atoms with Gasteiger partial charge in [-0.1, -0.05) is 6.92 Å². The van der Waals surface area contributed by atoms with E-state index in [0.717, 1.165) is 0 Å². The average Bonchev–Trinajstić information content (AvgIpc) is 1.98. The molecule has 0 fully saturated rings. The van der Waals surface area contributed by atoms with Crippen LogP contribution in [0.2, 0.25) is 0 Å². The molecule has 0 aromatic carbocycles. The second kappa shape index (κ2) is 3.89. The lowest BCUT2D eigenvalue weighted by atomic mass is 10.1. The van der Waals surface area contributed by atoms with Gasteiger partial charge in [0, 0.05) is 6.42 Å². The molecule has 0 amide bonds. The van der Waals surface area contributed by atoms with E-state index in [1.54, 1.807) is 0 Å². The maximum atomic E-state index is 11.6. The predicted octanol–water partition coefficient (Wildman–Crippen LogP) is 1.70. The van der Waals surface area contributed by atoms with Gasteiger partial charge in [0.2, 0.25) is 0 Å². The molecular weight excluding hydrogens is 197 g/mol. The fraction of sp³-hybridized carbons (Fsp3) is 0.667. The summed E-state index contributed by atoms with van der Waals surface area (Å²) in [5, 5.41) is -2.09. The Morgan fingerprint density at radius 2 is 1.83 bits per heavy atom. The van der Waals surface area contributed by atoms with E-state index in [1.807, 2.05) is 0 Å². The van der Waals surface area contributed by atoms with Crippen molar-refractivity contribution in [2.45, 2.75) is 24.9 Å². The molecular formula is C6H6ClF3O2. The molecule has 0 N–H and O–H groups in total. The van der Waals surface area contributed by atoms with Gasteiger partial charge in [0.1, 0.15) is 0 Å². The van der Waals surface area contributed by atoms with Gasteiger partial charge in [0.15, 0.2) is 11.2 Å². The molecule has 0 aliphatic heterocycles. The highest BCUT2D eigenvalue weighted by Gasteiger charge is 2.44. The van der Waals surface area contributed by atoms with Crippen LogP contribution in [0, 0.1) is 0 Å². The highest BCUT2D eigenvalue weighted by Crippen LogP contribution is 2.21. The minimum Gasteiger partial charge on any atom is -0.298 e. The second-order valence-corrected chi connectivity index (χ2v) is 2.48. The van der Waals surface area contributed by atoms with Crippen LogP contribution in [0.15, 0.2) is 0 Å². The summed E-state index contributed by atoms with van der Waals surface area (Å²) in [7, 11) is 0. The summed E-state index contributed by atoms with van der Waals surface area (Å²) in [5.41, 5.74) is 0. The molecule has 0 aliphatic carbocycles. The Hall–Kier alpha value is -0.580. The minimum atomic E-state index is -5.03. The Balaban J connectivity index is 4.41. The zero-order valence-electron chi connectivity index (χ0n) is 6.11. The van der Waals surface area contributed by atoms with E-state index in [4.69, 9.17) is 11.6 Å². The summed E-state index contributed by atoms with van der Waals surface area (Å²) in [6, 6.07) is 0. The first-order valence-electron chi connectivity index (χ1n) is 3.08. The number of carbonyl (C=O) groups is 2. The van der Waals surface area contributed by atoms with E-state index < -0.39 is 23.1 Å². The van der Waals surface area contributed by atoms with Gasteiger partial charge in [-0.25, -0.2) is 0 Å². The number of rotatable bonds is 3. The van der Waals surface area contributed by atoms with Gasteiger partial charge in [-0.05, 0) is 0 Å². The van der Waals surface area contributed by atoms with Crippen LogP contribution in [0.4, 0.5) is 13.2 Å². The molecule has 0 saturated heterocycles. The largest absolute Gasteiger partial charge is 0.452 e. The van der Waals surface area contributed by atoms with Crippen LogP contribution < -0.4 is 0 Å². The maximum absolute atomic E-state index is 11.6. The van der Waals surface area contributed by atoms with E-state index in [1.165, 1.54) is 6.92 Å². The van der Waals surface area contributed by atoms with Gasteiger partial charge in [-0.15, -0.1) is 11.6 Å². The highest BCUT2D eigenvalue weighted by atomic mass is 35.5. The summed E-state index contributed by atoms with van der Waals surface area (Å²) in [6.07, 6.45) is -5.22. The van der Waals surface area contributed by atoms with E-state index in [0.29, 0.717) is 0 Å². The van der Waals surface area contributed by atoms with Crippen molar-refractivity contribution in [2.75, 3.05) is 0 Å². The third-order valence-electron chi connectivity index (χ3n) is 1.14. The van der Waals surface area contributed by atoms with Crippen molar-refractivity contribution in [3.8, 4) is 0 Å². The molecule has 0 aliphatic rings. The number of Topliss-reactive ketones (excluding diaryl/α,β-unsaturated/α-hetero) is 2. The van der Waals surface area contributed by atoms with Gasteiger partial charge < -0.3 is 0 Å². The van der Waals surface area contributed by atoms with Crippen LogP contribution in [0.1, 0.15) is 13.3 Å². The molecule has 0 radical (unpaired) electrons. The Bertz CT molecular complexity index is 199. The second-order valence-electron chi connectivity index (χ2n) is 2.04. The monoisotopic (exact) mass is 202 g/mol. The molecule has 12 heavy (non-hydrogen) atoms. The van der Waals surface area contributed by atoms with Crippen molar-refractivity contribution in [3.63, 3.8) is 0 Å². The standard InChI is InChI=1S/C6H6ClF3O2/c1-2-3(11)4(7)5(12)6(8,9)10/h4H,2H2,1H3. The number of hydrogen-bond acceptors (Lipinski definition) is 2. The maximum Gasteiger partial charge on any atom is 0.452 e. The summed E-state index contributed by atoms with van der Waals surface area (Å²) in [4.78, 5) is 20.8.